The molecule has 2 heterocycles. The number of aromatic nitrogens is 2. The number of amides is 2. The Hall–Kier alpha value is -2.90. The fourth-order valence-electron chi connectivity index (χ4n) is 3.39. The van der Waals surface area contributed by atoms with Gasteiger partial charge in [-0.2, -0.15) is 4.98 Å². The van der Waals surface area contributed by atoms with E-state index in [-0.39, 0.29) is 18.4 Å². The highest BCUT2D eigenvalue weighted by molar-refractivity contribution is 5.94. The molecule has 4 rings (SSSR count). The van der Waals surface area contributed by atoms with Crippen molar-refractivity contribution in [2.24, 2.45) is 0 Å². The van der Waals surface area contributed by atoms with E-state index in [2.05, 4.69) is 20.8 Å². The Bertz CT molecular complexity index is 830. The Balaban J connectivity index is 1.34. The van der Waals surface area contributed by atoms with Gasteiger partial charge in [-0.15, -0.1) is 0 Å². The maximum Gasteiger partial charge on any atom is 0.244 e. The Kier molecular flexibility index (Phi) is 4.79. The minimum absolute atomic E-state index is 0.115. The fraction of sp³-hybridized carbons (Fsp3) is 0.474. The second-order valence-corrected chi connectivity index (χ2v) is 7.13. The first-order valence-corrected chi connectivity index (χ1v) is 9.29. The van der Waals surface area contributed by atoms with Crippen molar-refractivity contribution in [1.82, 2.24) is 20.8 Å². The predicted molar refractivity (Wildman–Crippen MR) is 95.3 cm³/mol. The first-order chi connectivity index (χ1) is 13.1. The van der Waals surface area contributed by atoms with E-state index in [9.17, 15) is 9.59 Å². The molecule has 2 aliphatic rings. The molecule has 2 N–H and O–H groups in total. The number of hydrogen-bond donors (Lipinski definition) is 2. The fourth-order valence-corrected chi connectivity index (χ4v) is 3.39. The van der Waals surface area contributed by atoms with Gasteiger partial charge in [0.15, 0.2) is 5.82 Å². The molecule has 2 aromatic rings. The van der Waals surface area contributed by atoms with Gasteiger partial charge in [-0.25, -0.2) is 0 Å². The summed E-state index contributed by atoms with van der Waals surface area (Å²) < 4.78 is 10.5. The number of carbonyl (C=O) groups is 2. The predicted octanol–water partition coefficient (Wildman–Crippen LogP) is 2.26. The molecule has 0 atom stereocenters. The molecule has 2 amide bonds. The van der Waals surface area contributed by atoms with Crippen molar-refractivity contribution in [2.75, 3.05) is 6.54 Å². The van der Waals surface area contributed by atoms with Gasteiger partial charge in [0.2, 0.25) is 17.7 Å². The van der Waals surface area contributed by atoms with Crippen LogP contribution >= 0.6 is 0 Å². The van der Waals surface area contributed by atoms with Crippen molar-refractivity contribution >= 4 is 17.9 Å². The summed E-state index contributed by atoms with van der Waals surface area (Å²) in [5.41, 5.74) is -0.595. The maximum atomic E-state index is 12.4. The van der Waals surface area contributed by atoms with Crippen LogP contribution in [0, 0.1) is 0 Å². The van der Waals surface area contributed by atoms with Gasteiger partial charge < -0.3 is 19.6 Å². The molecule has 0 aliphatic heterocycles. The molecule has 2 saturated carbocycles. The Morgan fingerprint density at radius 2 is 2.11 bits per heavy atom. The molecule has 8 nitrogen and oxygen atoms in total. The topological polar surface area (TPSA) is 110 Å². The molecule has 0 spiro atoms. The van der Waals surface area contributed by atoms with E-state index in [1.165, 1.54) is 12.3 Å². The summed E-state index contributed by atoms with van der Waals surface area (Å²) >= 11 is 0. The lowest BCUT2D eigenvalue weighted by atomic mass is 9.96. The molecular formula is C19H22N4O4. The summed E-state index contributed by atoms with van der Waals surface area (Å²) in [5, 5.41) is 9.73. The summed E-state index contributed by atoms with van der Waals surface area (Å²) in [6.45, 7) is -0.115. The Labute approximate surface area is 156 Å². The zero-order chi connectivity index (χ0) is 18.7. The molecule has 0 radical (unpaired) electrons. The standard InChI is InChI=1S/C19H22N4O4/c24-15(8-7-14-4-3-11-26-14)20-12-16(25)22-19(9-1-2-10-19)18-21-17(27-23-18)13-5-6-13/h3-4,7-8,11,13H,1-2,5-6,9-10,12H2,(H,20,24)(H,22,25)/b8-7+. The number of carbonyl (C=O) groups excluding carboxylic acids is 2. The molecule has 2 aromatic heterocycles. The minimum atomic E-state index is -0.595. The molecule has 142 valence electrons. The van der Waals surface area contributed by atoms with E-state index in [0.29, 0.717) is 23.4 Å². The van der Waals surface area contributed by atoms with Gasteiger partial charge in [-0.05, 0) is 43.9 Å². The number of nitrogens with zero attached hydrogens (tertiary/aromatic N) is 2. The summed E-state index contributed by atoms with van der Waals surface area (Å²) in [6.07, 6.45) is 10.1. The second-order valence-electron chi connectivity index (χ2n) is 7.13. The average Bonchev–Trinajstić information content (AvgIpc) is 3.11. The smallest absolute Gasteiger partial charge is 0.244 e. The zero-order valence-electron chi connectivity index (χ0n) is 14.9. The lowest BCUT2D eigenvalue weighted by molar-refractivity contribution is -0.125. The van der Waals surface area contributed by atoms with Crippen LogP contribution in [0.25, 0.3) is 6.08 Å². The molecule has 0 saturated heterocycles. The van der Waals surface area contributed by atoms with Crippen molar-refractivity contribution in [3.63, 3.8) is 0 Å². The molecule has 8 heteroatoms. The third-order valence-electron chi connectivity index (χ3n) is 5.00. The second kappa shape index (κ2) is 7.38. The first-order valence-electron chi connectivity index (χ1n) is 9.29. The van der Waals surface area contributed by atoms with E-state index in [4.69, 9.17) is 8.94 Å². The lowest BCUT2D eigenvalue weighted by Crippen LogP contribution is -2.48. The third-order valence-corrected chi connectivity index (χ3v) is 5.00. The van der Waals surface area contributed by atoms with E-state index in [0.717, 1.165) is 38.5 Å². The van der Waals surface area contributed by atoms with Crippen molar-refractivity contribution < 1.29 is 18.5 Å². The normalized spacial score (nSPS) is 18.7. The monoisotopic (exact) mass is 370 g/mol. The highest BCUT2D eigenvalue weighted by Crippen LogP contribution is 2.42. The third kappa shape index (κ3) is 4.10. The van der Waals surface area contributed by atoms with Crippen LogP contribution in [0.5, 0.6) is 0 Å². The number of furan rings is 1. The van der Waals surface area contributed by atoms with Crippen molar-refractivity contribution in [3.05, 3.63) is 41.9 Å². The van der Waals surface area contributed by atoms with Gasteiger partial charge in [0.25, 0.3) is 0 Å². The molecule has 2 fully saturated rings. The maximum absolute atomic E-state index is 12.4. The van der Waals surface area contributed by atoms with Gasteiger partial charge >= 0.3 is 0 Å². The van der Waals surface area contributed by atoms with Crippen LogP contribution in [-0.2, 0) is 15.1 Å². The number of rotatable bonds is 7. The summed E-state index contributed by atoms with van der Waals surface area (Å²) in [6, 6.07) is 3.47. The van der Waals surface area contributed by atoms with Gasteiger partial charge in [0.1, 0.15) is 11.3 Å². The summed E-state index contributed by atoms with van der Waals surface area (Å²) in [4.78, 5) is 28.8. The van der Waals surface area contributed by atoms with E-state index in [1.54, 1.807) is 18.2 Å². The summed E-state index contributed by atoms with van der Waals surface area (Å²) in [5.74, 6) is 1.54. The SMILES string of the molecule is O=C(/C=C/c1ccco1)NCC(=O)NC1(c2noc(C3CC3)n2)CCCC1. The molecule has 27 heavy (non-hydrogen) atoms. The lowest BCUT2D eigenvalue weighted by Gasteiger charge is -2.26. The van der Waals surface area contributed by atoms with Gasteiger partial charge in [-0.1, -0.05) is 18.0 Å². The van der Waals surface area contributed by atoms with E-state index in [1.807, 2.05) is 0 Å². The number of hydrogen-bond acceptors (Lipinski definition) is 6. The highest BCUT2D eigenvalue weighted by atomic mass is 16.5. The average molecular weight is 370 g/mol. The largest absolute Gasteiger partial charge is 0.465 e. The van der Waals surface area contributed by atoms with Crippen molar-refractivity contribution in [2.45, 2.75) is 50.0 Å². The van der Waals surface area contributed by atoms with E-state index >= 15 is 0 Å². The van der Waals surface area contributed by atoms with Crippen LogP contribution in [0.1, 0.15) is 61.9 Å². The van der Waals surface area contributed by atoms with Crippen LogP contribution in [0.3, 0.4) is 0 Å². The van der Waals surface area contributed by atoms with Crippen LogP contribution in [-0.4, -0.2) is 28.5 Å². The van der Waals surface area contributed by atoms with Gasteiger partial charge in [0, 0.05) is 12.0 Å². The quantitative estimate of drug-likeness (QED) is 0.723. The van der Waals surface area contributed by atoms with E-state index < -0.39 is 5.54 Å². The molecule has 0 bridgehead atoms. The molecule has 0 aromatic carbocycles. The minimum Gasteiger partial charge on any atom is -0.465 e. The van der Waals surface area contributed by atoms with Crippen LogP contribution < -0.4 is 10.6 Å². The van der Waals surface area contributed by atoms with Gasteiger partial charge in [-0.3, -0.25) is 9.59 Å². The van der Waals surface area contributed by atoms with Crippen LogP contribution in [0.2, 0.25) is 0 Å². The molecule has 2 aliphatic carbocycles. The Morgan fingerprint density at radius 3 is 2.81 bits per heavy atom. The van der Waals surface area contributed by atoms with Gasteiger partial charge in [0.05, 0.1) is 12.8 Å². The van der Waals surface area contributed by atoms with Crippen molar-refractivity contribution in [1.29, 1.82) is 0 Å². The summed E-state index contributed by atoms with van der Waals surface area (Å²) in [7, 11) is 0. The van der Waals surface area contributed by atoms with Crippen molar-refractivity contribution in [3.8, 4) is 0 Å². The zero-order valence-corrected chi connectivity index (χ0v) is 14.9. The first kappa shape index (κ1) is 17.5. The highest BCUT2D eigenvalue weighted by Gasteiger charge is 2.42. The number of nitrogens with one attached hydrogen (secondary N) is 2. The van der Waals surface area contributed by atoms with Crippen LogP contribution in [0.15, 0.2) is 33.4 Å². The van der Waals surface area contributed by atoms with Crippen LogP contribution in [0.4, 0.5) is 0 Å². The molecular weight excluding hydrogens is 348 g/mol. The Morgan fingerprint density at radius 1 is 1.30 bits per heavy atom. The molecule has 0 unspecified atom stereocenters.